The SMILES string of the molecule is CCCCCCCCS(=O)(=O)Oc1ccc2c(C)c(Cl)c(=O)oc2c1. The van der Waals surface area contributed by atoms with Crippen molar-refractivity contribution in [2.75, 3.05) is 5.75 Å². The Labute approximate surface area is 153 Å². The number of halogens is 1. The summed E-state index contributed by atoms with van der Waals surface area (Å²) in [5.41, 5.74) is 0.187. The van der Waals surface area contributed by atoms with Crippen molar-refractivity contribution in [2.45, 2.75) is 52.4 Å². The predicted molar refractivity (Wildman–Crippen MR) is 100 cm³/mol. The zero-order chi connectivity index (χ0) is 18.4. The molecule has 0 unspecified atom stereocenters. The van der Waals surface area contributed by atoms with Crippen molar-refractivity contribution < 1.29 is 17.0 Å². The largest absolute Gasteiger partial charge is 0.421 e. The Morgan fingerprint density at radius 3 is 2.52 bits per heavy atom. The Morgan fingerprint density at radius 2 is 1.80 bits per heavy atom. The number of aryl methyl sites for hydroxylation is 1. The number of fused-ring (bicyclic) bond motifs is 1. The molecule has 2 rings (SSSR count). The van der Waals surface area contributed by atoms with Gasteiger partial charge in [0.15, 0.2) is 0 Å². The lowest BCUT2D eigenvalue weighted by Crippen LogP contribution is -2.14. The van der Waals surface area contributed by atoms with Crippen LogP contribution in [0.15, 0.2) is 27.4 Å². The molecule has 0 saturated heterocycles. The van der Waals surface area contributed by atoms with Gasteiger partial charge >= 0.3 is 15.7 Å². The van der Waals surface area contributed by atoms with Gasteiger partial charge in [0.25, 0.3) is 0 Å². The quantitative estimate of drug-likeness (QED) is 0.350. The molecule has 138 valence electrons. The van der Waals surface area contributed by atoms with E-state index in [2.05, 4.69) is 6.92 Å². The van der Waals surface area contributed by atoms with Gasteiger partial charge in [0, 0.05) is 11.5 Å². The number of unbranched alkanes of at least 4 members (excludes halogenated alkanes) is 5. The van der Waals surface area contributed by atoms with Gasteiger partial charge in [-0.05, 0) is 31.0 Å². The molecule has 0 fully saturated rings. The maximum atomic E-state index is 12.1. The fourth-order valence-electron chi connectivity index (χ4n) is 2.61. The van der Waals surface area contributed by atoms with Gasteiger partial charge in [-0.25, -0.2) is 4.79 Å². The van der Waals surface area contributed by atoms with Crippen LogP contribution in [0, 0.1) is 6.92 Å². The van der Waals surface area contributed by atoms with Gasteiger partial charge in [0.2, 0.25) is 0 Å². The first-order valence-corrected chi connectivity index (χ1v) is 10.4. The Bertz CT molecular complexity index is 886. The molecule has 0 radical (unpaired) electrons. The average Bonchev–Trinajstić information content (AvgIpc) is 2.55. The van der Waals surface area contributed by atoms with Gasteiger partial charge in [0.05, 0.1) is 5.75 Å². The molecule has 25 heavy (non-hydrogen) atoms. The summed E-state index contributed by atoms with van der Waals surface area (Å²) >= 11 is 5.87. The van der Waals surface area contributed by atoms with E-state index in [0.717, 1.165) is 25.7 Å². The van der Waals surface area contributed by atoms with Gasteiger partial charge in [-0.15, -0.1) is 0 Å². The third-order valence-electron chi connectivity index (χ3n) is 4.04. The third-order valence-corrected chi connectivity index (χ3v) is 5.71. The van der Waals surface area contributed by atoms with E-state index >= 15 is 0 Å². The van der Waals surface area contributed by atoms with Crippen molar-refractivity contribution in [3.05, 3.63) is 39.2 Å². The van der Waals surface area contributed by atoms with Gasteiger partial charge < -0.3 is 8.60 Å². The van der Waals surface area contributed by atoms with Crippen molar-refractivity contribution in [1.29, 1.82) is 0 Å². The van der Waals surface area contributed by atoms with E-state index in [4.69, 9.17) is 20.2 Å². The minimum atomic E-state index is -3.67. The van der Waals surface area contributed by atoms with Crippen LogP contribution in [0.2, 0.25) is 5.02 Å². The lowest BCUT2D eigenvalue weighted by atomic mass is 10.1. The second-order valence-electron chi connectivity index (χ2n) is 6.10. The van der Waals surface area contributed by atoms with E-state index in [9.17, 15) is 13.2 Å². The Balaban J connectivity index is 2.04. The lowest BCUT2D eigenvalue weighted by molar-refractivity contribution is 0.481. The molecule has 0 amide bonds. The zero-order valence-electron chi connectivity index (χ0n) is 14.5. The molecule has 0 bridgehead atoms. The van der Waals surface area contributed by atoms with Crippen LogP contribution < -0.4 is 9.81 Å². The predicted octanol–water partition coefficient (Wildman–Crippen LogP) is 4.82. The molecule has 7 heteroatoms. The number of rotatable bonds is 9. The molecule has 0 aliphatic rings. The summed E-state index contributed by atoms with van der Waals surface area (Å²) in [4.78, 5) is 11.6. The van der Waals surface area contributed by atoms with E-state index in [1.54, 1.807) is 13.0 Å². The van der Waals surface area contributed by atoms with E-state index < -0.39 is 15.7 Å². The monoisotopic (exact) mass is 386 g/mol. The van der Waals surface area contributed by atoms with Crippen LogP contribution in [0.25, 0.3) is 11.0 Å². The summed E-state index contributed by atoms with van der Waals surface area (Å²) in [6.45, 7) is 3.84. The minimum Gasteiger partial charge on any atom is -0.421 e. The molecule has 0 aliphatic carbocycles. The van der Waals surface area contributed by atoms with Gasteiger partial charge in [-0.1, -0.05) is 50.6 Å². The first-order chi connectivity index (χ1) is 11.8. The highest BCUT2D eigenvalue weighted by molar-refractivity contribution is 7.87. The smallest absolute Gasteiger partial charge is 0.355 e. The molecule has 0 spiro atoms. The summed E-state index contributed by atoms with van der Waals surface area (Å²) in [6.07, 6.45) is 5.93. The van der Waals surface area contributed by atoms with Crippen molar-refractivity contribution in [3.63, 3.8) is 0 Å². The third kappa shape index (κ3) is 5.47. The highest BCUT2D eigenvalue weighted by atomic mass is 35.5. The molecule has 1 aromatic heterocycles. The molecule has 0 N–H and O–H groups in total. The highest BCUT2D eigenvalue weighted by Gasteiger charge is 2.15. The number of benzene rings is 1. The van der Waals surface area contributed by atoms with Crippen LogP contribution in [0.1, 0.15) is 51.0 Å². The molecular weight excluding hydrogens is 364 g/mol. The minimum absolute atomic E-state index is 0.0249. The van der Waals surface area contributed by atoms with Crippen LogP contribution in [-0.4, -0.2) is 14.2 Å². The summed E-state index contributed by atoms with van der Waals surface area (Å²) in [5, 5.41) is 0.669. The standard InChI is InChI=1S/C18H23ClO5S/c1-3-4-5-6-7-8-11-25(21,22)24-14-9-10-15-13(2)17(19)18(20)23-16(15)12-14/h9-10,12H,3-8,11H2,1-2H3. The molecule has 5 nitrogen and oxygen atoms in total. The Kier molecular flexibility index (Phi) is 6.90. The topological polar surface area (TPSA) is 73.6 Å². The van der Waals surface area contributed by atoms with Crippen molar-refractivity contribution >= 4 is 32.7 Å². The van der Waals surface area contributed by atoms with Crippen molar-refractivity contribution in [2.24, 2.45) is 0 Å². The Hall–Kier alpha value is -1.53. The van der Waals surface area contributed by atoms with Crippen molar-refractivity contribution in [1.82, 2.24) is 0 Å². The summed E-state index contributed by atoms with van der Waals surface area (Å²) in [6, 6.07) is 4.57. The number of hydrogen-bond acceptors (Lipinski definition) is 5. The molecule has 0 saturated carbocycles. The van der Waals surface area contributed by atoms with E-state index in [0.29, 0.717) is 17.4 Å². The van der Waals surface area contributed by atoms with E-state index in [-0.39, 0.29) is 22.1 Å². The van der Waals surface area contributed by atoms with Crippen LogP contribution in [0.5, 0.6) is 5.75 Å². The van der Waals surface area contributed by atoms with Crippen LogP contribution in [0.3, 0.4) is 0 Å². The summed E-state index contributed by atoms with van der Waals surface area (Å²) < 4.78 is 34.4. The second kappa shape index (κ2) is 8.72. The first kappa shape index (κ1) is 19.8. The maximum Gasteiger partial charge on any atom is 0.355 e. The van der Waals surface area contributed by atoms with Gasteiger partial charge in [-0.3, -0.25) is 0 Å². The van der Waals surface area contributed by atoms with Crippen LogP contribution in [-0.2, 0) is 10.1 Å². The Morgan fingerprint density at radius 1 is 1.12 bits per heavy atom. The molecule has 0 aliphatic heterocycles. The van der Waals surface area contributed by atoms with E-state index in [1.807, 2.05) is 0 Å². The average molecular weight is 387 g/mol. The van der Waals surface area contributed by atoms with Crippen LogP contribution >= 0.6 is 11.6 Å². The fourth-order valence-corrected chi connectivity index (χ4v) is 3.79. The molecule has 0 atom stereocenters. The summed E-state index contributed by atoms with van der Waals surface area (Å²) in [5.74, 6) is 0.101. The van der Waals surface area contributed by atoms with E-state index in [1.165, 1.54) is 18.6 Å². The fraction of sp³-hybridized carbons (Fsp3) is 0.500. The maximum absolute atomic E-state index is 12.1. The summed E-state index contributed by atoms with van der Waals surface area (Å²) in [7, 11) is -3.67. The molecule has 1 aromatic carbocycles. The normalized spacial score (nSPS) is 11.8. The van der Waals surface area contributed by atoms with Crippen molar-refractivity contribution in [3.8, 4) is 5.75 Å². The number of hydrogen-bond donors (Lipinski definition) is 0. The molecule has 1 heterocycles. The van der Waals surface area contributed by atoms with Gasteiger partial charge in [-0.2, -0.15) is 8.42 Å². The molecule has 2 aromatic rings. The second-order valence-corrected chi connectivity index (χ2v) is 8.17. The highest BCUT2D eigenvalue weighted by Crippen LogP contribution is 2.26. The first-order valence-electron chi connectivity index (χ1n) is 8.49. The lowest BCUT2D eigenvalue weighted by Gasteiger charge is -2.08. The zero-order valence-corrected chi connectivity index (χ0v) is 16.1. The van der Waals surface area contributed by atoms with Crippen LogP contribution in [0.4, 0.5) is 0 Å². The molecular formula is C18H23ClO5S. The van der Waals surface area contributed by atoms with Gasteiger partial charge in [0.1, 0.15) is 16.4 Å².